The Morgan fingerprint density at radius 2 is 2.04 bits per heavy atom. The zero-order chi connectivity index (χ0) is 17.9. The molecule has 7 heteroatoms. The molecule has 1 aliphatic heterocycles. The number of hydrogen-bond acceptors (Lipinski definition) is 5. The van der Waals surface area contributed by atoms with Crippen LogP contribution in [0.5, 0.6) is 0 Å². The maximum absolute atomic E-state index is 13.9. The van der Waals surface area contributed by atoms with Crippen molar-refractivity contribution < 1.29 is 17.0 Å². The number of hydrazine groups is 1. The number of nitrogens with zero attached hydrogens (tertiary/aromatic N) is 1. The molecule has 1 N–H and O–H groups in total. The third-order valence-corrected chi connectivity index (χ3v) is 3.95. The Labute approximate surface area is 142 Å². The van der Waals surface area contributed by atoms with Crippen LogP contribution in [0.4, 0.5) is 4.39 Å². The van der Waals surface area contributed by atoms with E-state index in [4.69, 9.17) is 4.18 Å². The third kappa shape index (κ3) is 5.35. The van der Waals surface area contributed by atoms with Crippen LogP contribution in [0.25, 0.3) is 5.70 Å². The van der Waals surface area contributed by atoms with Gasteiger partial charge in [-0.3, -0.25) is 14.6 Å². The third-order valence-electron chi connectivity index (χ3n) is 3.40. The second kappa shape index (κ2) is 7.36. The minimum absolute atomic E-state index is 0.0625. The van der Waals surface area contributed by atoms with Gasteiger partial charge in [-0.1, -0.05) is 26.0 Å². The molecule has 1 aromatic rings. The molecule has 1 aliphatic rings. The lowest BCUT2D eigenvalue weighted by atomic mass is 10.1. The Balaban J connectivity index is 2.29. The molecule has 0 bridgehead atoms. The highest BCUT2D eigenvalue weighted by atomic mass is 32.2. The van der Waals surface area contributed by atoms with Gasteiger partial charge in [-0.05, 0) is 36.1 Å². The average Bonchev–Trinajstić information content (AvgIpc) is 2.46. The van der Waals surface area contributed by atoms with Gasteiger partial charge in [-0.15, -0.1) is 0 Å². The summed E-state index contributed by atoms with van der Waals surface area (Å²) in [4.78, 5) is 0. The maximum Gasteiger partial charge on any atom is 0.264 e. The van der Waals surface area contributed by atoms with Crippen molar-refractivity contribution >= 4 is 15.8 Å². The van der Waals surface area contributed by atoms with Crippen LogP contribution in [-0.4, -0.2) is 32.8 Å². The van der Waals surface area contributed by atoms with Crippen molar-refractivity contribution in [3.63, 3.8) is 0 Å². The summed E-state index contributed by atoms with van der Waals surface area (Å²) in [6, 6.07) is 5.00. The summed E-state index contributed by atoms with van der Waals surface area (Å²) in [5, 5.41) is 1.86. The zero-order valence-corrected chi connectivity index (χ0v) is 15.2. The molecule has 0 saturated carbocycles. The van der Waals surface area contributed by atoms with E-state index in [1.54, 1.807) is 25.3 Å². The molecule has 0 amide bonds. The van der Waals surface area contributed by atoms with Crippen LogP contribution in [0.3, 0.4) is 0 Å². The summed E-state index contributed by atoms with van der Waals surface area (Å²) in [6.45, 7) is 6.51. The fourth-order valence-electron chi connectivity index (χ4n) is 2.30. The summed E-state index contributed by atoms with van der Waals surface area (Å²) < 4.78 is 41.2. The van der Waals surface area contributed by atoms with E-state index in [1.165, 1.54) is 6.07 Å². The first-order chi connectivity index (χ1) is 11.1. The molecular weight excluding hydrogens is 331 g/mol. The Bertz CT molecular complexity index is 770. The Morgan fingerprint density at radius 1 is 1.33 bits per heavy atom. The van der Waals surface area contributed by atoms with Crippen molar-refractivity contribution in [2.24, 2.45) is 5.92 Å². The van der Waals surface area contributed by atoms with E-state index in [-0.39, 0.29) is 12.4 Å². The largest absolute Gasteiger partial charge is 0.298 e. The standard InChI is InChI=1S/C17H23FN2O3S/c1-12(2)9-20-10-14(11-23-24(4,21)22)7-17(19-20)15-6-5-13(3)16(18)8-15/h5-8,10,12,19H,9,11H2,1-4H3. The highest BCUT2D eigenvalue weighted by Gasteiger charge is 2.16. The van der Waals surface area contributed by atoms with E-state index in [0.717, 1.165) is 6.26 Å². The van der Waals surface area contributed by atoms with E-state index in [1.807, 2.05) is 11.1 Å². The van der Waals surface area contributed by atoms with Crippen molar-refractivity contribution in [2.75, 3.05) is 19.4 Å². The summed E-state index contributed by atoms with van der Waals surface area (Å²) in [6.07, 6.45) is 4.59. The topological polar surface area (TPSA) is 58.6 Å². The van der Waals surface area contributed by atoms with E-state index in [0.29, 0.717) is 34.9 Å². The summed E-state index contributed by atoms with van der Waals surface area (Å²) in [5.74, 6) is 0.106. The molecule has 0 aliphatic carbocycles. The summed E-state index contributed by atoms with van der Waals surface area (Å²) >= 11 is 0. The fraction of sp³-hybridized carbons (Fsp3) is 0.412. The van der Waals surface area contributed by atoms with E-state index < -0.39 is 10.1 Å². The minimum atomic E-state index is -3.53. The molecule has 0 spiro atoms. The predicted molar refractivity (Wildman–Crippen MR) is 92.7 cm³/mol. The lowest BCUT2D eigenvalue weighted by Crippen LogP contribution is -2.37. The zero-order valence-electron chi connectivity index (χ0n) is 14.3. The summed E-state index contributed by atoms with van der Waals surface area (Å²) in [5.41, 5.74) is 5.88. The molecule has 0 fully saturated rings. The van der Waals surface area contributed by atoms with Crippen molar-refractivity contribution in [3.05, 3.63) is 53.0 Å². The van der Waals surface area contributed by atoms with Gasteiger partial charge in [0.05, 0.1) is 18.6 Å². The molecule has 1 aromatic carbocycles. The lowest BCUT2D eigenvalue weighted by molar-refractivity contribution is 0.275. The van der Waals surface area contributed by atoms with Gasteiger partial charge in [-0.2, -0.15) is 8.42 Å². The van der Waals surface area contributed by atoms with Crippen molar-refractivity contribution in [3.8, 4) is 0 Å². The molecule has 0 aromatic heterocycles. The van der Waals surface area contributed by atoms with Gasteiger partial charge in [0.2, 0.25) is 0 Å². The molecule has 0 atom stereocenters. The number of aryl methyl sites for hydroxylation is 1. The van der Waals surface area contributed by atoms with E-state index >= 15 is 0 Å². The second-order valence-corrected chi connectivity index (χ2v) is 7.99. The highest BCUT2D eigenvalue weighted by Crippen LogP contribution is 2.22. The number of rotatable bonds is 6. The molecule has 1 heterocycles. The fourth-order valence-corrected chi connectivity index (χ4v) is 2.65. The first kappa shape index (κ1) is 18.5. The monoisotopic (exact) mass is 354 g/mol. The first-order valence-corrected chi connectivity index (χ1v) is 9.52. The second-order valence-electron chi connectivity index (χ2n) is 6.35. The number of nitrogens with one attached hydrogen (secondary N) is 1. The van der Waals surface area contributed by atoms with Crippen LogP contribution in [0.1, 0.15) is 25.0 Å². The van der Waals surface area contributed by atoms with Gasteiger partial charge in [0.1, 0.15) is 5.82 Å². The SMILES string of the molecule is Cc1ccc(C2=CC(COS(C)(=O)=O)=CN(CC(C)C)N2)cc1F. The molecule has 0 unspecified atom stereocenters. The number of benzene rings is 1. The smallest absolute Gasteiger partial charge is 0.264 e. The van der Waals surface area contributed by atoms with Crippen molar-refractivity contribution in [1.82, 2.24) is 10.4 Å². The quantitative estimate of drug-likeness (QED) is 0.796. The Hall–Kier alpha value is -1.86. The van der Waals surface area contributed by atoms with E-state index in [9.17, 15) is 12.8 Å². The molecule has 5 nitrogen and oxygen atoms in total. The molecule has 132 valence electrons. The van der Waals surface area contributed by atoms with Crippen LogP contribution in [0, 0.1) is 18.7 Å². The van der Waals surface area contributed by atoms with Crippen LogP contribution < -0.4 is 5.43 Å². The van der Waals surface area contributed by atoms with Gasteiger partial charge < -0.3 is 0 Å². The Morgan fingerprint density at radius 3 is 2.62 bits per heavy atom. The summed E-state index contributed by atoms with van der Waals surface area (Å²) in [7, 11) is -3.53. The van der Waals surface area contributed by atoms with Crippen LogP contribution in [0.15, 0.2) is 36.0 Å². The predicted octanol–water partition coefficient (Wildman–Crippen LogP) is 2.81. The van der Waals surface area contributed by atoms with Gasteiger partial charge in [0, 0.05) is 18.3 Å². The minimum Gasteiger partial charge on any atom is -0.298 e. The van der Waals surface area contributed by atoms with Gasteiger partial charge in [-0.25, -0.2) is 4.39 Å². The molecule has 24 heavy (non-hydrogen) atoms. The molecule has 0 radical (unpaired) electrons. The van der Waals surface area contributed by atoms with Crippen LogP contribution >= 0.6 is 0 Å². The van der Waals surface area contributed by atoms with Gasteiger partial charge in [0.25, 0.3) is 10.1 Å². The van der Waals surface area contributed by atoms with Gasteiger partial charge >= 0.3 is 0 Å². The highest BCUT2D eigenvalue weighted by molar-refractivity contribution is 7.86. The van der Waals surface area contributed by atoms with Crippen molar-refractivity contribution in [1.29, 1.82) is 0 Å². The maximum atomic E-state index is 13.9. The number of hydrogen-bond donors (Lipinski definition) is 1. The Kier molecular flexibility index (Phi) is 5.66. The van der Waals surface area contributed by atoms with Crippen LogP contribution in [-0.2, 0) is 14.3 Å². The van der Waals surface area contributed by atoms with Crippen LogP contribution in [0.2, 0.25) is 0 Å². The van der Waals surface area contributed by atoms with E-state index in [2.05, 4.69) is 19.3 Å². The van der Waals surface area contributed by atoms with Gasteiger partial charge in [0.15, 0.2) is 0 Å². The van der Waals surface area contributed by atoms with Crippen molar-refractivity contribution in [2.45, 2.75) is 20.8 Å². The lowest BCUT2D eigenvalue weighted by Gasteiger charge is -2.30. The molecular formula is C17H23FN2O3S. The average molecular weight is 354 g/mol. The first-order valence-electron chi connectivity index (χ1n) is 7.70. The molecule has 0 saturated heterocycles. The molecule has 2 rings (SSSR count). The number of halogens is 1. The normalized spacial score (nSPS) is 15.2.